The second kappa shape index (κ2) is 6.42. The fourth-order valence-electron chi connectivity index (χ4n) is 2.61. The third-order valence-corrected chi connectivity index (χ3v) is 4.33. The maximum atomic E-state index is 11.2. The number of hydrogen-bond acceptors (Lipinski definition) is 2. The molecule has 0 bridgehead atoms. The number of aromatic carboxylic acids is 1. The normalized spacial score (nSPS) is 23.1. The lowest BCUT2D eigenvalue weighted by Gasteiger charge is -2.28. The van der Waals surface area contributed by atoms with Gasteiger partial charge < -0.3 is 9.84 Å². The van der Waals surface area contributed by atoms with E-state index < -0.39 is 5.97 Å². The average Bonchev–Trinajstić information content (AvgIpc) is 2.41. The molecule has 1 aliphatic carbocycles. The van der Waals surface area contributed by atoms with Crippen molar-refractivity contribution < 1.29 is 14.6 Å². The fraction of sp³-hybridized carbons (Fsp3) is 0.533. The predicted octanol–water partition coefficient (Wildman–Crippen LogP) is 4.49. The van der Waals surface area contributed by atoms with Crippen LogP contribution in [0.3, 0.4) is 0 Å². The Morgan fingerprint density at radius 3 is 2.63 bits per heavy atom. The molecule has 0 saturated heterocycles. The van der Waals surface area contributed by atoms with Crippen molar-refractivity contribution in [2.45, 2.75) is 45.1 Å². The smallest absolute Gasteiger partial charge is 0.339 e. The number of ether oxygens (including phenoxy) is 1. The summed E-state index contributed by atoms with van der Waals surface area (Å²) in [6.45, 7) is 2.23. The summed E-state index contributed by atoms with van der Waals surface area (Å²) in [7, 11) is 0. The van der Waals surface area contributed by atoms with E-state index in [1.54, 1.807) is 12.1 Å². The predicted molar refractivity (Wildman–Crippen MR) is 77.8 cm³/mol. The first kappa shape index (κ1) is 14.4. The van der Waals surface area contributed by atoms with E-state index >= 15 is 0 Å². The van der Waals surface area contributed by atoms with Gasteiger partial charge in [-0.25, -0.2) is 4.79 Å². The van der Waals surface area contributed by atoms with Gasteiger partial charge in [-0.05, 0) is 49.8 Å². The zero-order chi connectivity index (χ0) is 13.8. The molecular weight excluding hydrogens is 308 g/mol. The van der Waals surface area contributed by atoms with Crippen molar-refractivity contribution in [3.8, 4) is 5.75 Å². The lowest BCUT2D eigenvalue weighted by molar-refractivity contribution is 0.0683. The van der Waals surface area contributed by atoms with Gasteiger partial charge in [-0.3, -0.25) is 0 Å². The minimum Gasteiger partial charge on any atom is -0.490 e. The van der Waals surface area contributed by atoms with Crippen LogP contribution in [-0.4, -0.2) is 17.2 Å². The molecule has 104 valence electrons. The summed E-state index contributed by atoms with van der Waals surface area (Å²) in [6.07, 6.45) is 5.79. The van der Waals surface area contributed by atoms with Crippen LogP contribution in [0.5, 0.6) is 5.75 Å². The molecule has 0 spiro atoms. The van der Waals surface area contributed by atoms with Crippen molar-refractivity contribution in [2.75, 3.05) is 0 Å². The highest BCUT2D eigenvalue weighted by Gasteiger charge is 2.23. The zero-order valence-electron chi connectivity index (χ0n) is 11.1. The van der Waals surface area contributed by atoms with Crippen LogP contribution in [0, 0.1) is 5.92 Å². The molecule has 1 aliphatic rings. The average molecular weight is 327 g/mol. The molecule has 1 fully saturated rings. The van der Waals surface area contributed by atoms with Gasteiger partial charge in [0.25, 0.3) is 0 Å². The van der Waals surface area contributed by atoms with Gasteiger partial charge in [0.2, 0.25) is 0 Å². The lowest BCUT2D eigenvalue weighted by atomic mass is 9.86. The SMILES string of the molecule is CCC1CCC(Oc2ccc(Br)cc2C(=O)O)CC1. The maximum Gasteiger partial charge on any atom is 0.339 e. The Labute approximate surface area is 122 Å². The third kappa shape index (κ3) is 3.72. The van der Waals surface area contributed by atoms with Crippen molar-refractivity contribution in [1.82, 2.24) is 0 Å². The largest absolute Gasteiger partial charge is 0.490 e. The molecule has 4 heteroatoms. The van der Waals surface area contributed by atoms with E-state index in [0.29, 0.717) is 5.75 Å². The first-order valence-electron chi connectivity index (χ1n) is 6.79. The Kier molecular flexibility index (Phi) is 4.86. The quantitative estimate of drug-likeness (QED) is 0.886. The third-order valence-electron chi connectivity index (χ3n) is 3.84. The van der Waals surface area contributed by atoms with Crippen LogP contribution in [0.2, 0.25) is 0 Å². The minimum atomic E-state index is -0.946. The van der Waals surface area contributed by atoms with Gasteiger partial charge >= 0.3 is 5.97 Å². The molecule has 0 radical (unpaired) electrons. The molecule has 0 unspecified atom stereocenters. The molecule has 0 amide bonds. The van der Waals surface area contributed by atoms with Crippen LogP contribution in [0.25, 0.3) is 0 Å². The topological polar surface area (TPSA) is 46.5 Å². The van der Waals surface area contributed by atoms with E-state index in [9.17, 15) is 9.90 Å². The number of benzene rings is 1. The van der Waals surface area contributed by atoms with Gasteiger partial charge in [0.15, 0.2) is 0 Å². The van der Waals surface area contributed by atoms with Crippen molar-refractivity contribution >= 4 is 21.9 Å². The highest BCUT2D eigenvalue weighted by atomic mass is 79.9. The number of carbonyl (C=O) groups is 1. The molecule has 19 heavy (non-hydrogen) atoms. The van der Waals surface area contributed by atoms with Crippen molar-refractivity contribution in [3.05, 3.63) is 28.2 Å². The monoisotopic (exact) mass is 326 g/mol. The van der Waals surface area contributed by atoms with Crippen LogP contribution in [0.1, 0.15) is 49.4 Å². The van der Waals surface area contributed by atoms with E-state index in [2.05, 4.69) is 22.9 Å². The van der Waals surface area contributed by atoms with Crippen LogP contribution in [0.15, 0.2) is 22.7 Å². The van der Waals surface area contributed by atoms with E-state index in [0.717, 1.165) is 23.2 Å². The molecule has 3 nitrogen and oxygen atoms in total. The maximum absolute atomic E-state index is 11.2. The molecule has 0 aliphatic heterocycles. The summed E-state index contributed by atoms with van der Waals surface area (Å²) in [4.78, 5) is 11.2. The van der Waals surface area contributed by atoms with Gasteiger partial charge in [-0.2, -0.15) is 0 Å². The number of hydrogen-bond donors (Lipinski definition) is 1. The highest BCUT2D eigenvalue weighted by Crippen LogP contribution is 2.31. The summed E-state index contributed by atoms with van der Waals surface area (Å²) in [5, 5.41) is 9.20. The van der Waals surface area contributed by atoms with Crippen LogP contribution in [0.4, 0.5) is 0 Å². The number of carboxylic acid groups (broad SMARTS) is 1. The first-order chi connectivity index (χ1) is 9.10. The summed E-state index contributed by atoms with van der Waals surface area (Å²) in [5.41, 5.74) is 0.229. The second-order valence-electron chi connectivity index (χ2n) is 5.11. The van der Waals surface area contributed by atoms with Crippen molar-refractivity contribution in [3.63, 3.8) is 0 Å². The molecule has 2 rings (SSSR count). The second-order valence-corrected chi connectivity index (χ2v) is 6.03. The Morgan fingerprint density at radius 1 is 1.37 bits per heavy atom. The molecule has 0 heterocycles. The molecule has 1 aromatic rings. The molecule has 0 aromatic heterocycles. The summed E-state index contributed by atoms with van der Waals surface area (Å²) >= 11 is 3.29. The van der Waals surface area contributed by atoms with Gasteiger partial charge in [0.05, 0.1) is 6.10 Å². The summed E-state index contributed by atoms with van der Waals surface area (Å²) in [5.74, 6) is 0.345. The molecular formula is C15H19BrO3. The Morgan fingerprint density at radius 2 is 2.05 bits per heavy atom. The molecule has 0 atom stereocenters. The van der Waals surface area contributed by atoms with Crippen LogP contribution < -0.4 is 4.74 Å². The van der Waals surface area contributed by atoms with E-state index in [-0.39, 0.29) is 11.7 Å². The van der Waals surface area contributed by atoms with Gasteiger partial charge in [0.1, 0.15) is 11.3 Å². The van der Waals surface area contributed by atoms with Crippen LogP contribution in [-0.2, 0) is 0 Å². The van der Waals surface area contributed by atoms with E-state index in [1.807, 2.05) is 6.07 Å². The number of halogens is 1. The van der Waals surface area contributed by atoms with Crippen LogP contribution >= 0.6 is 15.9 Å². The van der Waals surface area contributed by atoms with Crippen molar-refractivity contribution in [2.24, 2.45) is 5.92 Å². The Hall–Kier alpha value is -1.03. The number of carboxylic acids is 1. The summed E-state index contributed by atoms with van der Waals surface area (Å²) in [6, 6.07) is 5.15. The fourth-order valence-corrected chi connectivity index (χ4v) is 2.97. The molecule has 1 aromatic carbocycles. The standard InChI is InChI=1S/C15H19BrO3/c1-2-10-3-6-12(7-4-10)19-14-8-5-11(16)9-13(14)15(17)18/h5,8-10,12H,2-4,6-7H2,1H3,(H,17,18). The summed E-state index contributed by atoms with van der Waals surface area (Å²) < 4.78 is 6.65. The molecule has 1 N–H and O–H groups in total. The first-order valence-corrected chi connectivity index (χ1v) is 7.59. The zero-order valence-corrected chi connectivity index (χ0v) is 12.6. The van der Waals surface area contributed by atoms with Gasteiger partial charge in [-0.1, -0.05) is 29.3 Å². The van der Waals surface area contributed by atoms with Crippen molar-refractivity contribution in [1.29, 1.82) is 0 Å². The number of rotatable bonds is 4. The minimum absolute atomic E-state index is 0.155. The Balaban J connectivity index is 2.05. The van der Waals surface area contributed by atoms with E-state index in [1.165, 1.54) is 19.3 Å². The van der Waals surface area contributed by atoms with Gasteiger partial charge in [0, 0.05) is 4.47 Å². The molecule has 1 saturated carbocycles. The Bertz CT molecular complexity index is 451. The van der Waals surface area contributed by atoms with E-state index in [4.69, 9.17) is 4.74 Å². The van der Waals surface area contributed by atoms with Gasteiger partial charge in [-0.15, -0.1) is 0 Å². The highest BCUT2D eigenvalue weighted by molar-refractivity contribution is 9.10. The lowest BCUT2D eigenvalue weighted by Crippen LogP contribution is -2.24.